The first-order valence-corrected chi connectivity index (χ1v) is 10.3. The molecule has 1 heterocycles. The van der Waals surface area contributed by atoms with Gasteiger partial charge in [-0.25, -0.2) is 12.8 Å². The predicted octanol–water partition coefficient (Wildman–Crippen LogP) is 2.35. The third-order valence-electron chi connectivity index (χ3n) is 4.37. The van der Waals surface area contributed by atoms with Crippen LogP contribution in [-0.2, 0) is 14.8 Å². The Morgan fingerprint density at radius 2 is 1.64 bits per heavy atom. The molecule has 0 N–H and O–H groups in total. The highest BCUT2D eigenvalue weighted by atomic mass is 32.2. The van der Waals surface area contributed by atoms with Gasteiger partial charge in [0.2, 0.25) is 10.0 Å². The first kappa shape index (κ1) is 20.0. The van der Waals surface area contributed by atoms with Crippen molar-refractivity contribution in [2.75, 3.05) is 32.8 Å². The summed E-state index contributed by atoms with van der Waals surface area (Å²) in [5, 5.41) is 1.18. The smallest absolute Gasteiger partial charge is 0.260 e. The summed E-state index contributed by atoms with van der Waals surface area (Å²) in [6, 6.07) is 15.0. The summed E-state index contributed by atoms with van der Waals surface area (Å²) in [4.78, 5) is 13.8. The standard InChI is InChI=1S/C20H21FN2O4S/c21-18-8-4-5-9-19(18)27-16-20(24)22-11-13-23(14-12-22)28(25,26)15-10-17-6-2-1-3-7-17/h1-10,15H,11-14,16H2. The van der Waals surface area contributed by atoms with Crippen molar-refractivity contribution < 1.29 is 22.3 Å². The van der Waals surface area contributed by atoms with E-state index >= 15 is 0 Å². The molecule has 0 bridgehead atoms. The summed E-state index contributed by atoms with van der Waals surface area (Å²) in [5.41, 5.74) is 0.796. The second-order valence-corrected chi connectivity index (χ2v) is 8.08. The lowest BCUT2D eigenvalue weighted by atomic mass is 10.2. The van der Waals surface area contributed by atoms with Crippen LogP contribution < -0.4 is 4.74 Å². The van der Waals surface area contributed by atoms with Gasteiger partial charge in [0.15, 0.2) is 18.2 Å². The molecule has 0 aromatic heterocycles. The van der Waals surface area contributed by atoms with E-state index in [0.29, 0.717) is 0 Å². The Balaban J connectivity index is 1.51. The third kappa shape index (κ3) is 5.17. The molecule has 0 atom stereocenters. The monoisotopic (exact) mass is 404 g/mol. The zero-order valence-corrected chi connectivity index (χ0v) is 16.0. The average molecular weight is 404 g/mol. The zero-order valence-electron chi connectivity index (χ0n) is 15.2. The Bertz CT molecular complexity index is 940. The van der Waals surface area contributed by atoms with Crippen molar-refractivity contribution >= 4 is 22.0 Å². The quantitative estimate of drug-likeness (QED) is 0.741. The third-order valence-corrected chi connectivity index (χ3v) is 5.94. The number of carbonyl (C=O) groups is 1. The normalized spacial score (nSPS) is 15.7. The number of rotatable bonds is 6. The van der Waals surface area contributed by atoms with Crippen molar-refractivity contribution in [1.29, 1.82) is 0 Å². The molecule has 148 valence electrons. The van der Waals surface area contributed by atoms with Crippen LogP contribution in [0, 0.1) is 5.82 Å². The molecule has 2 aromatic rings. The van der Waals surface area contributed by atoms with Crippen molar-refractivity contribution in [3.63, 3.8) is 0 Å². The van der Waals surface area contributed by atoms with Gasteiger partial charge in [-0.3, -0.25) is 4.79 Å². The van der Waals surface area contributed by atoms with Gasteiger partial charge in [-0.1, -0.05) is 42.5 Å². The number of benzene rings is 2. The summed E-state index contributed by atoms with van der Waals surface area (Å²) in [6.45, 7) is 0.636. The first-order chi connectivity index (χ1) is 13.5. The highest BCUT2D eigenvalue weighted by Crippen LogP contribution is 2.16. The zero-order chi connectivity index (χ0) is 20.0. The van der Waals surface area contributed by atoms with E-state index in [1.54, 1.807) is 12.1 Å². The van der Waals surface area contributed by atoms with E-state index in [4.69, 9.17) is 4.74 Å². The van der Waals surface area contributed by atoms with Gasteiger partial charge in [-0.15, -0.1) is 0 Å². The summed E-state index contributed by atoms with van der Waals surface area (Å²) in [6.07, 6.45) is 1.55. The molecule has 1 fully saturated rings. The molecule has 1 amide bonds. The highest BCUT2D eigenvalue weighted by molar-refractivity contribution is 7.92. The lowest BCUT2D eigenvalue weighted by Crippen LogP contribution is -2.51. The van der Waals surface area contributed by atoms with E-state index < -0.39 is 15.8 Å². The van der Waals surface area contributed by atoms with Crippen LogP contribution in [0.15, 0.2) is 60.0 Å². The van der Waals surface area contributed by atoms with Gasteiger partial charge in [-0.05, 0) is 23.8 Å². The van der Waals surface area contributed by atoms with Gasteiger partial charge >= 0.3 is 0 Å². The van der Waals surface area contributed by atoms with Crippen molar-refractivity contribution in [1.82, 2.24) is 9.21 Å². The van der Waals surface area contributed by atoms with Crippen LogP contribution in [0.1, 0.15) is 5.56 Å². The van der Waals surface area contributed by atoms with Gasteiger partial charge in [0.25, 0.3) is 5.91 Å². The van der Waals surface area contributed by atoms with Crippen molar-refractivity contribution in [3.8, 4) is 5.75 Å². The number of sulfonamides is 1. The molecular weight excluding hydrogens is 383 g/mol. The van der Waals surface area contributed by atoms with Crippen LogP contribution in [-0.4, -0.2) is 56.3 Å². The molecule has 3 rings (SSSR count). The molecule has 0 spiro atoms. The minimum atomic E-state index is -3.56. The number of para-hydroxylation sites is 1. The van der Waals surface area contributed by atoms with E-state index in [1.807, 2.05) is 30.3 Å². The average Bonchev–Trinajstić information content (AvgIpc) is 2.72. The Kier molecular flexibility index (Phi) is 6.43. The maximum Gasteiger partial charge on any atom is 0.260 e. The van der Waals surface area contributed by atoms with E-state index in [2.05, 4.69) is 0 Å². The van der Waals surface area contributed by atoms with E-state index in [9.17, 15) is 17.6 Å². The Morgan fingerprint density at radius 1 is 1.00 bits per heavy atom. The molecule has 0 unspecified atom stereocenters. The molecule has 2 aromatic carbocycles. The molecule has 1 aliphatic rings. The number of halogens is 1. The minimum absolute atomic E-state index is 0.0168. The maximum absolute atomic E-state index is 13.5. The molecule has 28 heavy (non-hydrogen) atoms. The summed E-state index contributed by atoms with van der Waals surface area (Å²) < 4.78 is 45.0. The second-order valence-electron chi connectivity index (χ2n) is 6.26. The number of ether oxygens (including phenoxy) is 1. The number of nitrogens with zero attached hydrogens (tertiary/aromatic N) is 2. The molecule has 6 nitrogen and oxygen atoms in total. The SMILES string of the molecule is O=C(COc1ccccc1F)N1CCN(S(=O)(=O)C=Cc2ccccc2)CC1. The van der Waals surface area contributed by atoms with E-state index in [0.717, 1.165) is 5.56 Å². The maximum atomic E-state index is 13.5. The number of hydrogen-bond acceptors (Lipinski definition) is 4. The first-order valence-electron chi connectivity index (χ1n) is 8.84. The van der Waals surface area contributed by atoms with E-state index in [1.165, 1.54) is 32.8 Å². The van der Waals surface area contributed by atoms with Crippen molar-refractivity contribution in [2.24, 2.45) is 0 Å². The lowest BCUT2D eigenvalue weighted by molar-refractivity contribution is -0.134. The van der Waals surface area contributed by atoms with Crippen LogP contribution in [0.3, 0.4) is 0 Å². The van der Waals surface area contributed by atoms with Gasteiger partial charge in [-0.2, -0.15) is 4.31 Å². The van der Waals surface area contributed by atoms with E-state index in [-0.39, 0.29) is 44.4 Å². The van der Waals surface area contributed by atoms with Crippen LogP contribution in [0.2, 0.25) is 0 Å². The molecule has 8 heteroatoms. The number of piperazine rings is 1. The molecule has 0 radical (unpaired) electrons. The summed E-state index contributed by atoms with van der Waals surface area (Å²) >= 11 is 0. The summed E-state index contributed by atoms with van der Waals surface area (Å²) in [5.74, 6) is -0.820. The number of amides is 1. The summed E-state index contributed by atoms with van der Waals surface area (Å²) in [7, 11) is -3.56. The fourth-order valence-corrected chi connectivity index (χ4v) is 3.97. The Labute approximate surface area is 163 Å². The molecule has 0 saturated carbocycles. The largest absolute Gasteiger partial charge is 0.481 e. The fraction of sp³-hybridized carbons (Fsp3) is 0.250. The Morgan fingerprint density at radius 3 is 2.32 bits per heavy atom. The fourth-order valence-electron chi connectivity index (χ4n) is 2.80. The molecule has 1 aliphatic heterocycles. The van der Waals surface area contributed by atoms with Crippen LogP contribution in [0.25, 0.3) is 6.08 Å². The van der Waals surface area contributed by atoms with Gasteiger partial charge in [0, 0.05) is 31.6 Å². The highest BCUT2D eigenvalue weighted by Gasteiger charge is 2.27. The van der Waals surface area contributed by atoms with Crippen LogP contribution >= 0.6 is 0 Å². The lowest BCUT2D eigenvalue weighted by Gasteiger charge is -2.33. The van der Waals surface area contributed by atoms with Crippen molar-refractivity contribution in [2.45, 2.75) is 0 Å². The molecular formula is C20H21FN2O4S. The van der Waals surface area contributed by atoms with Gasteiger partial charge in [0.1, 0.15) is 0 Å². The second kappa shape index (κ2) is 8.99. The van der Waals surface area contributed by atoms with Crippen LogP contribution in [0.5, 0.6) is 5.75 Å². The van der Waals surface area contributed by atoms with Gasteiger partial charge in [0.05, 0.1) is 0 Å². The number of hydrogen-bond donors (Lipinski definition) is 0. The Hall–Kier alpha value is -2.71. The minimum Gasteiger partial charge on any atom is -0.481 e. The van der Waals surface area contributed by atoms with Gasteiger partial charge < -0.3 is 9.64 Å². The van der Waals surface area contributed by atoms with Crippen molar-refractivity contribution in [3.05, 3.63) is 71.4 Å². The number of carbonyl (C=O) groups excluding carboxylic acids is 1. The predicted molar refractivity (Wildman–Crippen MR) is 104 cm³/mol. The molecule has 0 aliphatic carbocycles. The molecule has 1 saturated heterocycles. The topological polar surface area (TPSA) is 66.9 Å². The van der Waals surface area contributed by atoms with Crippen LogP contribution in [0.4, 0.5) is 4.39 Å².